The van der Waals surface area contributed by atoms with Gasteiger partial charge in [-0.2, -0.15) is 0 Å². The molecule has 1 heterocycles. The minimum Gasteiger partial charge on any atom is -0.480 e. The van der Waals surface area contributed by atoms with E-state index in [2.05, 4.69) is 18.7 Å². The fourth-order valence-corrected chi connectivity index (χ4v) is 3.74. The van der Waals surface area contributed by atoms with Gasteiger partial charge in [-0.15, -0.1) is 0 Å². The standard InChI is InChI=1S/C15H28N2O2/c1-12(2)14-4-3-13(9-14)10-16-5-7-17(8-6-16)11-15(18)19/h12-14H,3-11H2,1-2H3,(H,18,19)/p+1. The Labute approximate surface area is 116 Å². The van der Waals surface area contributed by atoms with Gasteiger partial charge in [0.25, 0.3) is 0 Å². The SMILES string of the molecule is CC(C)C1CCC(C[NH+]2CCN(CC(=O)O)CC2)C1. The summed E-state index contributed by atoms with van der Waals surface area (Å²) in [6.07, 6.45) is 4.24. The van der Waals surface area contributed by atoms with Gasteiger partial charge in [0.15, 0.2) is 0 Å². The van der Waals surface area contributed by atoms with Crippen molar-refractivity contribution < 1.29 is 14.8 Å². The molecule has 2 unspecified atom stereocenters. The van der Waals surface area contributed by atoms with Crippen molar-refractivity contribution in [2.45, 2.75) is 33.1 Å². The normalized spacial score (nSPS) is 30.1. The highest BCUT2D eigenvalue weighted by atomic mass is 16.4. The van der Waals surface area contributed by atoms with E-state index in [9.17, 15) is 4.79 Å². The Balaban J connectivity index is 1.67. The number of hydrogen-bond acceptors (Lipinski definition) is 2. The van der Waals surface area contributed by atoms with Crippen LogP contribution in [0.1, 0.15) is 33.1 Å². The van der Waals surface area contributed by atoms with Crippen molar-refractivity contribution >= 4 is 5.97 Å². The van der Waals surface area contributed by atoms with Crippen LogP contribution in [-0.4, -0.2) is 55.2 Å². The van der Waals surface area contributed by atoms with Crippen LogP contribution in [-0.2, 0) is 4.79 Å². The van der Waals surface area contributed by atoms with Crippen molar-refractivity contribution in [3.05, 3.63) is 0 Å². The molecule has 4 heteroatoms. The number of rotatable bonds is 5. The largest absolute Gasteiger partial charge is 0.480 e. The molecule has 1 aliphatic heterocycles. The van der Waals surface area contributed by atoms with Gasteiger partial charge in [-0.1, -0.05) is 13.8 Å². The number of quaternary nitrogens is 1. The van der Waals surface area contributed by atoms with E-state index in [1.54, 1.807) is 4.90 Å². The lowest BCUT2D eigenvalue weighted by Gasteiger charge is -2.32. The van der Waals surface area contributed by atoms with Crippen LogP contribution in [0.25, 0.3) is 0 Å². The van der Waals surface area contributed by atoms with Gasteiger partial charge >= 0.3 is 5.97 Å². The number of piperazine rings is 1. The average molecular weight is 269 g/mol. The second-order valence-corrected chi connectivity index (χ2v) is 6.81. The van der Waals surface area contributed by atoms with Crippen LogP contribution in [0.4, 0.5) is 0 Å². The lowest BCUT2D eigenvalue weighted by molar-refractivity contribution is -0.907. The zero-order valence-electron chi connectivity index (χ0n) is 12.4. The van der Waals surface area contributed by atoms with Crippen molar-refractivity contribution in [2.75, 3.05) is 39.3 Å². The Bertz CT molecular complexity index is 299. The van der Waals surface area contributed by atoms with E-state index in [-0.39, 0.29) is 6.54 Å². The first-order valence-electron chi connectivity index (χ1n) is 7.82. The van der Waals surface area contributed by atoms with Gasteiger partial charge in [-0.25, -0.2) is 0 Å². The molecular formula is C15H29N2O2+. The fraction of sp³-hybridized carbons (Fsp3) is 0.933. The third kappa shape index (κ3) is 4.46. The fourth-order valence-electron chi connectivity index (χ4n) is 3.74. The lowest BCUT2D eigenvalue weighted by atomic mass is 9.93. The van der Waals surface area contributed by atoms with Gasteiger partial charge < -0.3 is 10.0 Å². The zero-order valence-corrected chi connectivity index (χ0v) is 12.4. The molecule has 2 fully saturated rings. The number of carbonyl (C=O) groups is 1. The number of carboxylic acids is 1. The smallest absolute Gasteiger partial charge is 0.317 e. The summed E-state index contributed by atoms with van der Waals surface area (Å²) < 4.78 is 0. The van der Waals surface area contributed by atoms with Crippen molar-refractivity contribution in [1.82, 2.24) is 4.90 Å². The van der Waals surface area contributed by atoms with Gasteiger partial charge in [0, 0.05) is 19.0 Å². The van der Waals surface area contributed by atoms with Crippen LogP contribution in [0, 0.1) is 17.8 Å². The number of nitrogens with one attached hydrogen (secondary N) is 1. The van der Waals surface area contributed by atoms with Gasteiger partial charge in [0.05, 0.1) is 26.2 Å². The summed E-state index contributed by atoms with van der Waals surface area (Å²) in [4.78, 5) is 14.4. The molecule has 0 aromatic carbocycles. The summed E-state index contributed by atoms with van der Waals surface area (Å²) >= 11 is 0. The monoisotopic (exact) mass is 269 g/mol. The predicted octanol–water partition coefficient (Wildman–Crippen LogP) is 0.344. The highest BCUT2D eigenvalue weighted by molar-refractivity contribution is 5.69. The number of hydrogen-bond donors (Lipinski definition) is 2. The van der Waals surface area contributed by atoms with Crippen LogP contribution >= 0.6 is 0 Å². The first-order valence-corrected chi connectivity index (χ1v) is 7.82. The summed E-state index contributed by atoms with van der Waals surface area (Å²) in [7, 11) is 0. The number of nitrogens with zero attached hydrogens (tertiary/aromatic N) is 1. The quantitative estimate of drug-likeness (QED) is 0.757. The maximum absolute atomic E-state index is 10.7. The second kappa shape index (κ2) is 6.71. The van der Waals surface area contributed by atoms with Crippen LogP contribution < -0.4 is 4.90 Å². The second-order valence-electron chi connectivity index (χ2n) is 6.81. The van der Waals surface area contributed by atoms with Crippen LogP contribution in [0.5, 0.6) is 0 Å². The van der Waals surface area contributed by atoms with Gasteiger partial charge in [-0.05, 0) is 31.1 Å². The molecular weight excluding hydrogens is 240 g/mol. The predicted molar refractivity (Wildman–Crippen MR) is 75.3 cm³/mol. The summed E-state index contributed by atoms with van der Waals surface area (Å²) in [6.45, 7) is 10.4. The zero-order chi connectivity index (χ0) is 13.8. The van der Waals surface area contributed by atoms with E-state index in [1.165, 1.54) is 25.8 Å². The minimum absolute atomic E-state index is 0.214. The van der Waals surface area contributed by atoms with E-state index in [0.717, 1.165) is 43.9 Å². The Morgan fingerprint density at radius 3 is 2.53 bits per heavy atom. The third-order valence-electron chi connectivity index (χ3n) is 5.02. The molecule has 2 aliphatic rings. The Morgan fingerprint density at radius 2 is 2.00 bits per heavy atom. The molecule has 0 spiro atoms. The molecule has 2 rings (SSSR count). The molecule has 1 saturated heterocycles. The molecule has 2 atom stereocenters. The molecule has 1 saturated carbocycles. The Hall–Kier alpha value is -0.610. The van der Waals surface area contributed by atoms with Crippen LogP contribution in [0.15, 0.2) is 0 Å². The van der Waals surface area contributed by atoms with Gasteiger partial charge in [0.2, 0.25) is 0 Å². The van der Waals surface area contributed by atoms with Gasteiger partial charge in [0.1, 0.15) is 0 Å². The summed E-state index contributed by atoms with van der Waals surface area (Å²) in [5.74, 6) is 2.00. The van der Waals surface area contributed by atoms with E-state index in [0.29, 0.717) is 0 Å². The van der Waals surface area contributed by atoms with E-state index in [4.69, 9.17) is 5.11 Å². The molecule has 110 valence electrons. The molecule has 4 nitrogen and oxygen atoms in total. The molecule has 0 aromatic heterocycles. The number of carboxylic acid groups (broad SMARTS) is 1. The van der Waals surface area contributed by atoms with E-state index < -0.39 is 5.97 Å². The third-order valence-corrected chi connectivity index (χ3v) is 5.02. The highest BCUT2D eigenvalue weighted by Gasteiger charge is 2.31. The minimum atomic E-state index is -0.695. The lowest BCUT2D eigenvalue weighted by Crippen LogP contribution is -3.15. The maximum atomic E-state index is 10.7. The molecule has 0 aromatic rings. The van der Waals surface area contributed by atoms with Gasteiger partial charge in [-0.3, -0.25) is 9.69 Å². The van der Waals surface area contributed by atoms with Crippen molar-refractivity contribution in [2.24, 2.45) is 17.8 Å². The first-order chi connectivity index (χ1) is 9.04. The highest BCUT2D eigenvalue weighted by Crippen LogP contribution is 2.34. The number of aliphatic carboxylic acids is 1. The van der Waals surface area contributed by atoms with E-state index in [1.807, 2.05) is 0 Å². The van der Waals surface area contributed by atoms with Crippen molar-refractivity contribution in [1.29, 1.82) is 0 Å². The average Bonchev–Trinajstić information content (AvgIpc) is 2.80. The van der Waals surface area contributed by atoms with E-state index >= 15 is 0 Å². The Kier molecular flexibility index (Phi) is 5.22. The first kappa shape index (κ1) is 14.8. The van der Waals surface area contributed by atoms with Crippen molar-refractivity contribution in [3.63, 3.8) is 0 Å². The summed E-state index contributed by atoms with van der Waals surface area (Å²) in [5.41, 5.74) is 0. The molecule has 19 heavy (non-hydrogen) atoms. The molecule has 0 bridgehead atoms. The topological polar surface area (TPSA) is 45.0 Å². The molecule has 2 N–H and O–H groups in total. The Morgan fingerprint density at radius 1 is 1.32 bits per heavy atom. The van der Waals surface area contributed by atoms with Crippen LogP contribution in [0.3, 0.4) is 0 Å². The molecule has 0 amide bonds. The molecule has 0 radical (unpaired) electrons. The summed E-state index contributed by atoms with van der Waals surface area (Å²) in [5, 5.41) is 8.79. The van der Waals surface area contributed by atoms with Crippen molar-refractivity contribution in [3.8, 4) is 0 Å². The van der Waals surface area contributed by atoms with Crippen LogP contribution in [0.2, 0.25) is 0 Å². The molecule has 1 aliphatic carbocycles. The maximum Gasteiger partial charge on any atom is 0.317 e. The summed E-state index contributed by atoms with van der Waals surface area (Å²) in [6, 6.07) is 0.